The predicted molar refractivity (Wildman–Crippen MR) is 158 cm³/mol. The molecule has 10 heteroatoms. The molecule has 0 atom stereocenters. The molecule has 3 N–H and O–H groups in total. The van der Waals surface area contributed by atoms with Gasteiger partial charge in [-0.05, 0) is 48.6 Å². The Hall–Kier alpha value is -3.05. The Bertz CT molecular complexity index is 1320. The van der Waals surface area contributed by atoms with Crippen LogP contribution < -0.4 is 10.7 Å². The highest BCUT2D eigenvalue weighted by Gasteiger charge is 2.18. The molecule has 1 aliphatic rings. The topological polar surface area (TPSA) is 103 Å². The molecule has 39 heavy (non-hydrogen) atoms. The van der Waals surface area contributed by atoms with Crippen LogP contribution in [-0.2, 0) is 10.2 Å². The fourth-order valence-corrected chi connectivity index (χ4v) is 6.01. The highest BCUT2D eigenvalue weighted by Crippen LogP contribution is 2.39. The molecule has 0 bridgehead atoms. The number of nitrogens with zero attached hydrogens (tertiary/aromatic N) is 2. The molecule has 8 nitrogen and oxygen atoms in total. The molecular formula is C29H36N4O4S2. The molecule has 1 fully saturated rings. The van der Waals surface area contributed by atoms with Crippen LogP contribution in [0.2, 0.25) is 0 Å². The lowest BCUT2D eigenvalue weighted by Gasteiger charge is -2.26. The summed E-state index contributed by atoms with van der Waals surface area (Å²) in [5, 5.41) is 19.8. The zero-order valence-corrected chi connectivity index (χ0v) is 24.5. The zero-order valence-electron chi connectivity index (χ0n) is 22.9. The summed E-state index contributed by atoms with van der Waals surface area (Å²) in [5.41, 5.74) is 5.81. The third-order valence-corrected chi connectivity index (χ3v) is 8.69. The van der Waals surface area contributed by atoms with E-state index in [1.165, 1.54) is 16.9 Å². The van der Waals surface area contributed by atoms with Gasteiger partial charge in [-0.3, -0.25) is 14.5 Å². The summed E-state index contributed by atoms with van der Waals surface area (Å²) in [7, 11) is 0. The van der Waals surface area contributed by atoms with Crippen molar-refractivity contribution in [3.63, 3.8) is 0 Å². The summed E-state index contributed by atoms with van der Waals surface area (Å²) in [5.74, 6) is -0.451. The van der Waals surface area contributed by atoms with Crippen LogP contribution in [0.5, 0.6) is 5.75 Å². The minimum absolute atomic E-state index is 0.0545. The van der Waals surface area contributed by atoms with Crippen molar-refractivity contribution in [3.8, 4) is 16.2 Å². The molecular weight excluding hydrogens is 532 g/mol. The van der Waals surface area contributed by atoms with Crippen molar-refractivity contribution in [3.05, 3.63) is 62.7 Å². The Morgan fingerprint density at radius 3 is 2.38 bits per heavy atom. The second-order valence-electron chi connectivity index (χ2n) is 10.5. The molecule has 0 spiro atoms. The van der Waals surface area contributed by atoms with Gasteiger partial charge in [-0.1, -0.05) is 45.0 Å². The van der Waals surface area contributed by atoms with Gasteiger partial charge in [0, 0.05) is 25.0 Å². The number of amides is 2. The molecule has 2 amide bonds. The summed E-state index contributed by atoms with van der Waals surface area (Å²) in [6.07, 6.45) is 0.859. The van der Waals surface area contributed by atoms with Crippen molar-refractivity contribution in [1.82, 2.24) is 15.6 Å². The van der Waals surface area contributed by atoms with Crippen LogP contribution >= 0.6 is 22.7 Å². The number of morpholine rings is 1. The summed E-state index contributed by atoms with van der Waals surface area (Å²) >= 11 is 2.55. The van der Waals surface area contributed by atoms with Crippen LogP contribution in [0.1, 0.15) is 64.6 Å². The Morgan fingerprint density at radius 2 is 1.72 bits per heavy atom. The van der Waals surface area contributed by atoms with E-state index in [-0.39, 0.29) is 17.1 Å². The molecule has 0 unspecified atom stereocenters. The van der Waals surface area contributed by atoms with Crippen molar-refractivity contribution in [2.75, 3.05) is 39.4 Å². The number of ether oxygens (including phenoxy) is 1. The zero-order chi connectivity index (χ0) is 28.0. The van der Waals surface area contributed by atoms with Crippen molar-refractivity contribution < 1.29 is 19.4 Å². The molecule has 3 aromatic rings. The SMILES string of the molecule is CC(=NNC(=O)c1ccc(C(=O)NCCCN2CCOCC2)s1)c1csc(-c2ccc(C(C)(C)C)cc2)c1O. The highest BCUT2D eigenvalue weighted by atomic mass is 32.1. The van der Waals surface area contributed by atoms with E-state index < -0.39 is 5.91 Å². The van der Waals surface area contributed by atoms with Gasteiger partial charge in [0.2, 0.25) is 0 Å². The maximum absolute atomic E-state index is 12.7. The standard InChI is InChI=1S/C29H36N4O4S2/c1-19(22-18-38-26(25(22)34)20-6-8-21(9-7-20)29(2,3)4)31-32-28(36)24-11-10-23(39-24)27(35)30-12-5-13-33-14-16-37-17-15-33/h6-11,18,34H,5,12-17H2,1-4H3,(H,30,35)(H,32,36). The average Bonchev–Trinajstić information content (AvgIpc) is 3.57. The lowest BCUT2D eigenvalue weighted by Crippen LogP contribution is -2.38. The third kappa shape index (κ3) is 7.54. The van der Waals surface area contributed by atoms with Crippen molar-refractivity contribution in [1.29, 1.82) is 0 Å². The van der Waals surface area contributed by atoms with Crippen molar-refractivity contribution in [2.24, 2.45) is 5.10 Å². The van der Waals surface area contributed by atoms with E-state index in [1.807, 2.05) is 17.5 Å². The highest BCUT2D eigenvalue weighted by molar-refractivity contribution is 7.16. The number of hydrogen-bond donors (Lipinski definition) is 3. The molecule has 0 radical (unpaired) electrons. The third-order valence-electron chi connectivity index (χ3n) is 6.59. The monoisotopic (exact) mass is 568 g/mol. The first-order valence-electron chi connectivity index (χ1n) is 13.1. The summed E-state index contributed by atoms with van der Waals surface area (Å²) in [4.78, 5) is 29.1. The smallest absolute Gasteiger partial charge is 0.281 e. The fourth-order valence-electron chi connectivity index (χ4n) is 4.18. The van der Waals surface area contributed by atoms with E-state index in [9.17, 15) is 14.7 Å². The van der Waals surface area contributed by atoms with Gasteiger partial charge in [-0.2, -0.15) is 5.10 Å². The van der Waals surface area contributed by atoms with Gasteiger partial charge in [0.05, 0.1) is 39.1 Å². The van der Waals surface area contributed by atoms with E-state index in [4.69, 9.17) is 4.74 Å². The second-order valence-corrected chi connectivity index (χ2v) is 12.5. The van der Waals surface area contributed by atoms with Crippen LogP contribution in [0.15, 0.2) is 46.9 Å². The van der Waals surface area contributed by atoms with Gasteiger partial charge in [-0.15, -0.1) is 22.7 Å². The Kier molecular flexibility index (Phi) is 9.55. The van der Waals surface area contributed by atoms with Gasteiger partial charge in [-0.25, -0.2) is 5.43 Å². The lowest BCUT2D eigenvalue weighted by atomic mass is 9.86. The van der Waals surface area contributed by atoms with Gasteiger partial charge in [0.15, 0.2) is 0 Å². The maximum Gasteiger partial charge on any atom is 0.281 e. The molecule has 0 aliphatic carbocycles. The number of hydrazone groups is 1. The van der Waals surface area contributed by atoms with Crippen molar-refractivity contribution in [2.45, 2.75) is 39.5 Å². The van der Waals surface area contributed by atoms with Gasteiger partial charge < -0.3 is 15.2 Å². The minimum atomic E-state index is -0.404. The summed E-state index contributed by atoms with van der Waals surface area (Å²) < 4.78 is 5.35. The van der Waals surface area contributed by atoms with Gasteiger partial charge in [0.1, 0.15) is 5.75 Å². The number of hydrogen-bond acceptors (Lipinski definition) is 8. The van der Waals surface area contributed by atoms with E-state index in [1.54, 1.807) is 19.1 Å². The van der Waals surface area contributed by atoms with Crippen LogP contribution in [0.3, 0.4) is 0 Å². The maximum atomic E-state index is 12.7. The van der Waals surface area contributed by atoms with Crippen LogP contribution in [0.4, 0.5) is 0 Å². The number of thiophene rings is 2. The molecule has 2 aromatic heterocycles. The number of aromatic hydroxyl groups is 1. The van der Waals surface area contributed by atoms with E-state index in [0.717, 1.165) is 61.0 Å². The number of rotatable bonds is 9. The van der Waals surface area contributed by atoms with Crippen LogP contribution in [0.25, 0.3) is 10.4 Å². The van der Waals surface area contributed by atoms with E-state index >= 15 is 0 Å². The normalized spacial score (nSPS) is 14.8. The van der Waals surface area contributed by atoms with Gasteiger partial charge >= 0.3 is 0 Å². The molecule has 1 saturated heterocycles. The largest absolute Gasteiger partial charge is 0.506 e. The summed E-state index contributed by atoms with van der Waals surface area (Å²) in [6.45, 7) is 13.1. The summed E-state index contributed by atoms with van der Waals surface area (Å²) in [6, 6.07) is 11.5. The lowest BCUT2D eigenvalue weighted by molar-refractivity contribution is 0.0374. The molecule has 208 valence electrons. The Balaban J connectivity index is 1.30. The fraction of sp³-hybridized carbons (Fsp3) is 0.414. The van der Waals surface area contributed by atoms with E-state index in [0.29, 0.717) is 27.6 Å². The number of benzene rings is 1. The first-order chi connectivity index (χ1) is 18.6. The molecule has 4 rings (SSSR count). The number of carbonyl (C=O) groups is 2. The predicted octanol–water partition coefficient (Wildman–Crippen LogP) is 5.09. The van der Waals surface area contributed by atoms with Crippen LogP contribution in [-0.4, -0.2) is 66.9 Å². The molecule has 1 aliphatic heterocycles. The average molecular weight is 569 g/mol. The first kappa shape index (κ1) is 28.9. The molecule has 1 aromatic carbocycles. The quantitative estimate of drug-likeness (QED) is 0.190. The minimum Gasteiger partial charge on any atom is -0.506 e. The van der Waals surface area contributed by atoms with Crippen LogP contribution in [0, 0.1) is 0 Å². The van der Waals surface area contributed by atoms with E-state index in [2.05, 4.69) is 53.6 Å². The van der Waals surface area contributed by atoms with Crippen molar-refractivity contribution >= 4 is 40.2 Å². The molecule has 0 saturated carbocycles. The molecule has 3 heterocycles. The van der Waals surface area contributed by atoms with Gasteiger partial charge in [0.25, 0.3) is 11.8 Å². The first-order valence-corrected chi connectivity index (χ1v) is 14.8. The number of carbonyl (C=O) groups excluding carboxylic acids is 2. The number of nitrogens with one attached hydrogen (secondary N) is 2. The second kappa shape index (κ2) is 12.9. The Labute approximate surface area is 237 Å². The Morgan fingerprint density at radius 1 is 1.05 bits per heavy atom.